The molecular weight excluding hydrogens is 777 g/mol. The maximum Gasteiger partial charge on any atom is 0.0938 e. The van der Waals surface area contributed by atoms with Gasteiger partial charge in [0, 0.05) is 58.4 Å². The first-order valence-corrected chi connectivity index (χ1v) is 24.4. The van der Waals surface area contributed by atoms with Gasteiger partial charge in [0.25, 0.3) is 0 Å². The number of nitrogens with one attached hydrogen (secondary N) is 2. The van der Waals surface area contributed by atoms with Crippen molar-refractivity contribution in [3.05, 3.63) is 211 Å². The first-order valence-electron chi connectivity index (χ1n) is 24.4. The lowest BCUT2D eigenvalue weighted by molar-refractivity contribution is 0.526. The maximum atomic E-state index is 5.89. The van der Waals surface area contributed by atoms with Gasteiger partial charge in [0.05, 0.1) is 33.8 Å². The van der Waals surface area contributed by atoms with Crippen LogP contribution < -0.4 is 0 Å². The Morgan fingerprint density at radius 3 is 0.922 bits per heavy atom. The van der Waals surface area contributed by atoms with Crippen molar-refractivity contribution >= 4 is 44.4 Å². The van der Waals surface area contributed by atoms with Crippen molar-refractivity contribution in [3.63, 3.8) is 0 Å². The van der Waals surface area contributed by atoms with Gasteiger partial charge in [0.2, 0.25) is 0 Å². The van der Waals surface area contributed by atoms with Crippen LogP contribution in [0.2, 0.25) is 0 Å². The molecule has 16 bridgehead atoms. The fourth-order valence-corrected chi connectivity index (χ4v) is 16.2. The van der Waals surface area contributed by atoms with E-state index in [1.54, 1.807) is 0 Å². The second-order valence-electron chi connectivity index (χ2n) is 20.7. The van der Waals surface area contributed by atoms with Gasteiger partial charge in [-0.3, -0.25) is 0 Å². The van der Waals surface area contributed by atoms with Crippen molar-refractivity contribution in [2.24, 2.45) is 0 Å². The van der Waals surface area contributed by atoms with Gasteiger partial charge in [-0.05, 0) is 165 Å². The van der Waals surface area contributed by atoms with E-state index in [1.807, 2.05) is 0 Å². The number of hydrogen-bond acceptors (Lipinski definition) is 2. The van der Waals surface area contributed by atoms with Crippen molar-refractivity contribution in [1.82, 2.24) is 19.9 Å². The molecule has 2 N–H and O–H groups in total. The molecule has 3 aromatic heterocycles. The highest BCUT2D eigenvalue weighted by Gasteiger charge is 2.49. The summed E-state index contributed by atoms with van der Waals surface area (Å²) in [5.74, 6) is 2.86. The van der Waals surface area contributed by atoms with Crippen LogP contribution in [0.15, 0.2) is 121 Å². The molecule has 0 saturated carbocycles. The number of fused-ring (bicyclic) bond motifs is 14. The third-order valence-corrected chi connectivity index (χ3v) is 18.4. The minimum Gasteiger partial charge on any atom is -0.353 e. The highest BCUT2D eigenvalue weighted by molar-refractivity contribution is 6.08. The van der Waals surface area contributed by atoms with Gasteiger partial charge in [-0.15, -0.1) is 0 Å². The van der Waals surface area contributed by atoms with Gasteiger partial charge in [0.15, 0.2) is 0 Å². The highest BCUT2D eigenvalue weighted by atomic mass is 14.9. The monoisotopic (exact) mass is 822 g/mol. The summed E-state index contributed by atoms with van der Waals surface area (Å²) in [4.78, 5) is 20.3. The van der Waals surface area contributed by atoms with Crippen LogP contribution in [0.5, 0.6) is 0 Å². The zero-order valence-electron chi connectivity index (χ0n) is 35.7. The van der Waals surface area contributed by atoms with E-state index in [-0.39, 0.29) is 0 Å². The minimum atomic E-state index is 0.335. The molecular formula is C60H46N4. The highest BCUT2D eigenvalue weighted by Crippen LogP contribution is 2.65. The van der Waals surface area contributed by atoms with Gasteiger partial charge < -0.3 is 9.97 Å². The van der Waals surface area contributed by atoms with Gasteiger partial charge in [-0.1, -0.05) is 97.1 Å². The molecule has 8 unspecified atom stereocenters. The largest absolute Gasteiger partial charge is 0.353 e. The Labute approximate surface area is 372 Å². The molecule has 7 aromatic rings. The number of aromatic amines is 2. The first-order chi connectivity index (χ1) is 31.8. The molecule has 21 rings (SSSR count). The average Bonchev–Trinajstić information content (AvgIpc) is 4.16. The van der Waals surface area contributed by atoms with Gasteiger partial charge in [-0.2, -0.15) is 0 Å². The van der Waals surface area contributed by atoms with Crippen LogP contribution in [-0.2, 0) is 0 Å². The normalized spacial score (nSPS) is 27.4. The Balaban J connectivity index is 1.03. The van der Waals surface area contributed by atoms with Gasteiger partial charge >= 0.3 is 0 Å². The predicted octanol–water partition coefficient (Wildman–Crippen LogP) is 14.2. The SMILES string of the molecule is c1ccc2c(c1)C1CCC2C2=C1c1ccc3[nH]c(c4c3C3CCC4c4ccccc43)c3[nH]c(ccc4nc(c2n1)C1=C4C2CCC1c1ccccc12)c1c3C2CCC1c1ccccc12. The Hall–Kier alpha value is -6.52. The third kappa shape index (κ3) is 3.98. The van der Waals surface area contributed by atoms with Crippen molar-refractivity contribution in [2.45, 2.75) is 98.7 Å². The van der Waals surface area contributed by atoms with Crippen molar-refractivity contribution in [2.75, 3.05) is 0 Å². The topological polar surface area (TPSA) is 57.4 Å². The van der Waals surface area contributed by atoms with E-state index < -0.39 is 0 Å². The molecule has 2 aliphatic heterocycles. The zero-order chi connectivity index (χ0) is 41.1. The van der Waals surface area contributed by atoms with Crippen LogP contribution in [-0.4, -0.2) is 19.9 Å². The maximum absolute atomic E-state index is 5.89. The van der Waals surface area contributed by atoms with E-state index in [0.29, 0.717) is 47.3 Å². The molecule has 4 heteroatoms. The molecule has 0 fully saturated rings. The van der Waals surface area contributed by atoms with Gasteiger partial charge in [0.1, 0.15) is 0 Å². The van der Waals surface area contributed by atoms with E-state index in [9.17, 15) is 0 Å². The van der Waals surface area contributed by atoms with E-state index in [1.165, 1.54) is 162 Å². The van der Waals surface area contributed by atoms with Crippen LogP contribution in [0.4, 0.5) is 0 Å². The average molecular weight is 823 g/mol. The second-order valence-corrected chi connectivity index (χ2v) is 20.7. The second kappa shape index (κ2) is 11.8. The molecule has 4 aromatic carbocycles. The number of nitrogens with zero attached hydrogens (tertiary/aromatic N) is 2. The van der Waals surface area contributed by atoms with Crippen LogP contribution >= 0.6 is 0 Å². The fraction of sp³-hybridized carbons (Fsp3) is 0.267. The summed E-state index contributed by atoms with van der Waals surface area (Å²) in [5.41, 5.74) is 33.9. The first kappa shape index (κ1) is 34.0. The smallest absolute Gasteiger partial charge is 0.0938 e. The Morgan fingerprint density at radius 1 is 0.297 bits per heavy atom. The summed E-state index contributed by atoms with van der Waals surface area (Å²) >= 11 is 0. The fourth-order valence-electron chi connectivity index (χ4n) is 16.2. The third-order valence-electron chi connectivity index (χ3n) is 18.4. The molecule has 4 nitrogen and oxygen atoms in total. The molecule has 0 saturated heterocycles. The Morgan fingerprint density at radius 2 is 0.578 bits per heavy atom. The summed E-state index contributed by atoms with van der Waals surface area (Å²) in [6.07, 6.45) is 9.45. The standard InChI is InChI=1S/C60H46N4/c1-5-13-33-29(9-1)37-17-21-41(33)53-49(37)45-25-26-46-50-38-19-23-43(35-15-7-3-11-31(35)38)55(50)59(63-46)60-56-44-24-20-40(32-12-4-8-16-36(32)44)52(56)48(64-60)28-27-47-51-39-18-22-42(34-14-6-2-10-30(34)39)54(51)58(62-47)57(53)61-45/h1-16,25-28,37-44,61-62H,17-24H2. The molecule has 0 spiro atoms. The zero-order valence-corrected chi connectivity index (χ0v) is 35.7. The van der Waals surface area contributed by atoms with Crippen molar-refractivity contribution < 1.29 is 0 Å². The predicted molar refractivity (Wildman–Crippen MR) is 256 cm³/mol. The van der Waals surface area contributed by atoms with Crippen LogP contribution in [0.1, 0.15) is 188 Å². The summed E-state index contributed by atoms with van der Waals surface area (Å²) in [5, 5.41) is 0. The molecule has 12 aliphatic carbocycles. The van der Waals surface area contributed by atoms with E-state index in [2.05, 4.69) is 131 Å². The lowest BCUT2D eigenvalue weighted by Gasteiger charge is -2.41. The van der Waals surface area contributed by atoms with Crippen molar-refractivity contribution in [3.8, 4) is 0 Å². The molecule has 8 atom stereocenters. The van der Waals surface area contributed by atoms with Crippen LogP contribution in [0, 0.1) is 0 Å². The van der Waals surface area contributed by atoms with Gasteiger partial charge in [-0.25, -0.2) is 9.97 Å². The van der Waals surface area contributed by atoms with Crippen LogP contribution in [0.3, 0.4) is 0 Å². The molecule has 14 aliphatic rings. The lowest BCUT2D eigenvalue weighted by Crippen LogP contribution is -2.24. The summed E-state index contributed by atoms with van der Waals surface area (Å²) in [6, 6.07) is 47.1. The number of benzene rings is 4. The van der Waals surface area contributed by atoms with E-state index in [4.69, 9.17) is 9.97 Å². The molecule has 0 radical (unpaired) electrons. The number of aromatic nitrogens is 4. The van der Waals surface area contributed by atoms with Crippen LogP contribution in [0.25, 0.3) is 44.4 Å². The lowest BCUT2D eigenvalue weighted by atomic mass is 9.61. The molecule has 0 amide bonds. The Bertz CT molecular complexity index is 3350. The quantitative estimate of drug-likeness (QED) is 0.160. The molecule has 306 valence electrons. The van der Waals surface area contributed by atoms with E-state index in [0.717, 1.165) is 22.8 Å². The Kier molecular flexibility index (Phi) is 6.25. The van der Waals surface area contributed by atoms with E-state index >= 15 is 0 Å². The van der Waals surface area contributed by atoms with Crippen molar-refractivity contribution in [1.29, 1.82) is 0 Å². The number of H-pyrrole nitrogens is 2. The number of hydrogen-bond donors (Lipinski definition) is 2. The summed E-state index contributed by atoms with van der Waals surface area (Å²) in [6.45, 7) is 0. The summed E-state index contributed by atoms with van der Waals surface area (Å²) in [7, 11) is 0. The molecule has 64 heavy (non-hydrogen) atoms. The number of allylic oxidation sites excluding steroid dienone is 4. The number of rotatable bonds is 0. The minimum absolute atomic E-state index is 0.335. The molecule has 5 heterocycles. The summed E-state index contributed by atoms with van der Waals surface area (Å²) < 4.78 is 0.